The molecule has 4 heteroatoms. The van der Waals surface area contributed by atoms with E-state index in [1.807, 2.05) is 12.2 Å². The molecule has 2 heterocycles. The summed E-state index contributed by atoms with van der Waals surface area (Å²) < 4.78 is 4.56. The van der Waals surface area contributed by atoms with Crippen LogP contribution in [0, 0.1) is 0 Å². The largest absolute Gasteiger partial charge is 0.292 e. The van der Waals surface area contributed by atoms with E-state index >= 15 is 0 Å². The number of aromatic nitrogens is 4. The molecule has 334 valence electrons. The van der Waals surface area contributed by atoms with Gasteiger partial charge in [-0.25, -0.2) is 9.97 Å². The summed E-state index contributed by atoms with van der Waals surface area (Å²) in [5.74, 6) is 1.78. The summed E-state index contributed by atoms with van der Waals surface area (Å²) in [6, 6.07) is 70.9. The Morgan fingerprint density at radius 2 is 0.871 bits per heavy atom. The van der Waals surface area contributed by atoms with Crippen molar-refractivity contribution >= 4 is 34.0 Å². The van der Waals surface area contributed by atoms with Gasteiger partial charge >= 0.3 is 0 Å². The number of para-hydroxylation sites is 2. The van der Waals surface area contributed by atoms with Gasteiger partial charge in [0.1, 0.15) is 11.6 Å². The fraction of sp³-hybridized carbons (Fsp3) is 0.0909. The van der Waals surface area contributed by atoms with Crippen LogP contribution < -0.4 is 0 Å². The minimum absolute atomic E-state index is 0.0544. The molecule has 2 aromatic heterocycles. The quantitative estimate of drug-likeness (QED) is 0.152. The van der Waals surface area contributed by atoms with E-state index in [1.165, 1.54) is 66.4 Å². The Balaban J connectivity index is 0.844. The number of benzene rings is 9. The molecule has 0 aliphatic heterocycles. The number of fused-ring (bicyclic) bond motifs is 8. The molecule has 4 nitrogen and oxygen atoms in total. The van der Waals surface area contributed by atoms with Crippen LogP contribution in [0.5, 0.6) is 0 Å². The molecule has 0 spiro atoms. The monoisotopic (exact) mass is 898 g/mol. The topological polar surface area (TPSA) is 35.6 Å². The molecule has 70 heavy (non-hydrogen) atoms. The maximum atomic E-state index is 5.26. The second-order valence-electron chi connectivity index (χ2n) is 19.9. The summed E-state index contributed by atoms with van der Waals surface area (Å²) in [6.45, 7) is 17.7. The first-order valence-corrected chi connectivity index (χ1v) is 24.2. The van der Waals surface area contributed by atoms with Gasteiger partial charge in [0, 0.05) is 33.3 Å². The summed E-state index contributed by atoms with van der Waals surface area (Å²) >= 11 is 0. The molecular formula is C66H50N4. The van der Waals surface area contributed by atoms with Crippen molar-refractivity contribution < 1.29 is 0 Å². The number of imidazole rings is 2. The molecule has 0 saturated carbocycles. The maximum Gasteiger partial charge on any atom is 0.145 e. The third-order valence-corrected chi connectivity index (χ3v) is 15.4. The normalized spacial score (nSPS) is 13.8. The highest BCUT2D eigenvalue weighted by Gasteiger charge is 2.37. The highest BCUT2D eigenvalue weighted by Crippen LogP contribution is 2.51. The Labute approximate surface area is 409 Å². The average Bonchev–Trinajstić information content (AvgIpc) is 4.11. The van der Waals surface area contributed by atoms with Gasteiger partial charge in [-0.05, 0) is 126 Å². The molecule has 2 aliphatic carbocycles. The van der Waals surface area contributed by atoms with Crippen LogP contribution in [-0.2, 0) is 10.8 Å². The van der Waals surface area contributed by atoms with E-state index < -0.39 is 0 Å². The lowest BCUT2D eigenvalue weighted by Gasteiger charge is -2.22. The Kier molecular flexibility index (Phi) is 9.18. The fourth-order valence-electron chi connectivity index (χ4n) is 11.8. The predicted molar refractivity (Wildman–Crippen MR) is 293 cm³/mol. The van der Waals surface area contributed by atoms with Crippen LogP contribution in [-0.4, -0.2) is 19.1 Å². The van der Waals surface area contributed by atoms with Gasteiger partial charge in [-0.1, -0.05) is 199 Å². The van der Waals surface area contributed by atoms with Gasteiger partial charge in [0.05, 0.1) is 22.4 Å². The molecule has 13 rings (SSSR count). The van der Waals surface area contributed by atoms with E-state index in [0.717, 1.165) is 67.7 Å². The van der Waals surface area contributed by atoms with E-state index in [2.05, 4.69) is 244 Å². The SMILES string of the molecule is C=Cc1nc(-c2ccc(-c3cccc4c(-c5ccc(-c6nc7ccccc7n6-c6ccc7c(c6)-c6ccccc6C7(C)C)cc5)cccc34)cc2)n(-c2ccc3c(c2)C(C)(C)c2ccccc2-3)c1C=C. The Hall–Kier alpha value is -8.60. The van der Waals surface area contributed by atoms with Crippen LogP contribution in [0.3, 0.4) is 0 Å². The first kappa shape index (κ1) is 41.6. The fourth-order valence-corrected chi connectivity index (χ4v) is 11.8. The predicted octanol–water partition coefficient (Wildman–Crippen LogP) is 16.9. The van der Waals surface area contributed by atoms with Gasteiger partial charge in [0.2, 0.25) is 0 Å². The second kappa shape index (κ2) is 15.5. The standard InChI is InChI=1S/C66H50N4/c1-7-59-61(8-2)69(46-35-37-53-51-17-9-11-23-55(51)66(5,6)58(53)40-46)63(67-59)43-31-27-41(28-32-43)47-19-15-22-50-48(20-16-21-49(47)50)42-29-33-44(34-30-42)64-68-60-25-13-14-26-62(60)70(64)45-36-38-57-54(39-45)52-18-10-12-24-56(52)65(57,3)4/h7-40H,1-2H2,3-6H3. The summed E-state index contributed by atoms with van der Waals surface area (Å²) in [5.41, 5.74) is 23.1. The molecular weight excluding hydrogens is 849 g/mol. The van der Waals surface area contributed by atoms with Crippen LogP contribution >= 0.6 is 0 Å². The molecule has 2 aliphatic rings. The van der Waals surface area contributed by atoms with E-state index in [1.54, 1.807) is 0 Å². The lowest BCUT2D eigenvalue weighted by atomic mass is 9.82. The molecule has 0 amide bonds. The number of hydrogen-bond acceptors (Lipinski definition) is 2. The zero-order valence-corrected chi connectivity index (χ0v) is 39.8. The number of rotatable bonds is 8. The van der Waals surface area contributed by atoms with E-state index in [9.17, 15) is 0 Å². The van der Waals surface area contributed by atoms with Gasteiger partial charge < -0.3 is 0 Å². The first-order chi connectivity index (χ1) is 34.1. The van der Waals surface area contributed by atoms with E-state index in [-0.39, 0.29) is 10.8 Å². The molecule has 0 unspecified atom stereocenters. The van der Waals surface area contributed by atoms with Crippen LogP contribution in [0.2, 0.25) is 0 Å². The molecule has 9 aromatic carbocycles. The van der Waals surface area contributed by atoms with Crippen LogP contribution in [0.15, 0.2) is 207 Å². The highest BCUT2D eigenvalue weighted by molar-refractivity contribution is 6.04. The highest BCUT2D eigenvalue weighted by atomic mass is 15.1. The van der Waals surface area contributed by atoms with Gasteiger partial charge in [0.15, 0.2) is 0 Å². The Morgan fingerprint density at radius 1 is 0.386 bits per heavy atom. The first-order valence-electron chi connectivity index (χ1n) is 24.2. The van der Waals surface area contributed by atoms with Gasteiger partial charge in [-0.2, -0.15) is 0 Å². The van der Waals surface area contributed by atoms with Gasteiger partial charge in [0.25, 0.3) is 0 Å². The minimum atomic E-state index is -0.128. The second-order valence-corrected chi connectivity index (χ2v) is 19.9. The molecule has 0 bridgehead atoms. The average molecular weight is 899 g/mol. The van der Waals surface area contributed by atoms with Crippen LogP contribution in [0.4, 0.5) is 0 Å². The lowest BCUT2D eigenvalue weighted by molar-refractivity contribution is 0.659. The zero-order valence-electron chi connectivity index (χ0n) is 39.8. The Bertz CT molecular complexity index is 3970. The van der Waals surface area contributed by atoms with Gasteiger partial charge in [-0.3, -0.25) is 9.13 Å². The van der Waals surface area contributed by atoms with E-state index in [0.29, 0.717) is 0 Å². The zero-order chi connectivity index (χ0) is 47.5. The minimum Gasteiger partial charge on any atom is -0.292 e. The van der Waals surface area contributed by atoms with Crippen molar-refractivity contribution in [2.45, 2.75) is 38.5 Å². The molecule has 0 fully saturated rings. The molecule has 11 aromatic rings. The van der Waals surface area contributed by atoms with Crippen molar-refractivity contribution in [3.8, 4) is 78.7 Å². The Morgan fingerprint density at radius 3 is 1.50 bits per heavy atom. The van der Waals surface area contributed by atoms with Crippen molar-refractivity contribution in [3.63, 3.8) is 0 Å². The van der Waals surface area contributed by atoms with Crippen molar-refractivity contribution in [3.05, 3.63) is 241 Å². The molecule has 0 saturated heterocycles. The van der Waals surface area contributed by atoms with Crippen molar-refractivity contribution in [1.29, 1.82) is 0 Å². The van der Waals surface area contributed by atoms with Gasteiger partial charge in [-0.15, -0.1) is 0 Å². The summed E-state index contributed by atoms with van der Waals surface area (Å²) in [7, 11) is 0. The summed E-state index contributed by atoms with van der Waals surface area (Å²) in [6.07, 6.45) is 3.72. The number of hydrogen-bond donors (Lipinski definition) is 0. The third-order valence-electron chi connectivity index (χ3n) is 15.4. The third kappa shape index (κ3) is 6.09. The van der Waals surface area contributed by atoms with Crippen molar-refractivity contribution in [2.75, 3.05) is 0 Å². The number of nitrogens with zero attached hydrogens (tertiary/aromatic N) is 4. The van der Waals surface area contributed by atoms with E-state index in [4.69, 9.17) is 9.97 Å². The van der Waals surface area contributed by atoms with Crippen LogP contribution in [0.25, 0.3) is 113 Å². The summed E-state index contributed by atoms with van der Waals surface area (Å²) in [5, 5.41) is 2.40. The molecule has 0 radical (unpaired) electrons. The maximum absolute atomic E-state index is 5.26. The molecule has 0 N–H and O–H groups in total. The smallest absolute Gasteiger partial charge is 0.145 e. The summed E-state index contributed by atoms with van der Waals surface area (Å²) in [4.78, 5) is 10.4. The lowest BCUT2D eigenvalue weighted by Crippen LogP contribution is -2.15. The van der Waals surface area contributed by atoms with Crippen molar-refractivity contribution in [2.24, 2.45) is 0 Å². The van der Waals surface area contributed by atoms with Crippen LogP contribution in [0.1, 0.15) is 61.3 Å². The van der Waals surface area contributed by atoms with Crippen molar-refractivity contribution in [1.82, 2.24) is 19.1 Å². The molecule has 0 atom stereocenters.